The number of carboxylic acids is 1. The third-order valence-corrected chi connectivity index (χ3v) is 4.33. The molecular formula is C17H24NNaO3S2. The van der Waals surface area contributed by atoms with E-state index < -0.39 is 12.0 Å². The fourth-order valence-corrected chi connectivity index (χ4v) is 3.10. The molecule has 0 heterocycles. The van der Waals surface area contributed by atoms with Crippen LogP contribution in [0.4, 0.5) is 0 Å². The van der Waals surface area contributed by atoms with E-state index in [0.717, 1.165) is 37.0 Å². The van der Waals surface area contributed by atoms with Crippen LogP contribution in [0.15, 0.2) is 30.3 Å². The minimum atomic E-state index is -1.26. The van der Waals surface area contributed by atoms with Crippen molar-refractivity contribution in [3.05, 3.63) is 35.9 Å². The number of carbonyl (C=O) groups excluding carboxylic acids is 2. The van der Waals surface area contributed by atoms with Crippen molar-refractivity contribution in [2.45, 2.75) is 49.8 Å². The van der Waals surface area contributed by atoms with Crippen molar-refractivity contribution in [1.82, 2.24) is 5.32 Å². The molecule has 128 valence electrons. The van der Waals surface area contributed by atoms with E-state index >= 15 is 0 Å². The van der Waals surface area contributed by atoms with E-state index in [-0.39, 0.29) is 41.9 Å². The Morgan fingerprint density at radius 1 is 1.12 bits per heavy atom. The maximum Gasteiger partial charge on any atom is 1.00 e. The van der Waals surface area contributed by atoms with E-state index in [1.165, 1.54) is 0 Å². The fraction of sp³-hybridized carbons (Fsp3) is 0.529. The van der Waals surface area contributed by atoms with Gasteiger partial charge in [0.05, 0.1) is 12.0 Å². The minimum Gasteiger partial charge on any atom is -0.548 e. The standard InChI is InChI=1S/C17H25NO3S2.Na/c19-16(9-5-4-8-14(23)10-11-22)18-15(17(20)21)12-13-6-2-1-3-7-13;/h1-3,6-7,14-15,22-23H,4-5,8-12H2,(H,18,19)(H,20,21);/q;+1/p-1/t14?,15-;/m0./s1. The summed E-state index contributed by atoms with van der Waals surface area (Å²) in [5.41, 5.74) is 0.853. The molecule has 0 fully saturated rings. The van der Waals surface area contributed by atoms with Crippen LogP contribution in [0.5, 0.6) is 0 Å². The molecule has 1 unspecified atom stereocenters. The van der Waals surface area contributed by atoms with Crippen molar-refractivity contribution >= 4 is 37.1 Å². The van der Waals surface area contributed by atoms with E-state index in [1.807, 2.05) is 30.3 Å². The van der Waals surface area contributed by atoms with Gasteiger partial charge in [0.1, 0.15) is 0 Å². The number of hydrogen-bond acceptors (Lipinski definition) is 5. The molecule has 1 rings (SSSR count). The summed E-state index contributed by atoms with van der Waals surface area (Å²) in [6.07, 6.45) is 4.05. The van der Waals surface area contributed by atoms with Gasteiger partial charge in [-0.05, 0) is 37.0 Å². The zero-order valence-electron chi connectivity index (χ0n) is 14.1. The Bertz CT molecular complexity index is 488. The van der Waals surface area contributed by atoms with E-state index in [2.05, 4.69) is 30.6 Å². The quantitative estimate of drug-likeness (QED) is 0.254. The van der Waals surface area contributed by atoms with Crippen molar-refractivity contribution in [3.8, 4) is 0 Å². The van der Waals surface area contributed by atoms with Crippen molar-refractivity contribution in [3.63, 3.8) is 0 Å². The molecule has 4 nitrogen and oxygen atoms in total. The van der Waals surface area contributed by atoms with Crippen LogP contribution < -0.4 is 40.0 Å². The molecule has 2 atom stereocenters. The molecule has 7 heteroatoms. The van der Waals surface area contributed by atoms with Crippen LogP contribution in [0, 0.1) is 0 Å². The Kier molecular flexibility index (Phi) is 14.0. The number of amides is 1. The molecule has 0 bridgehead atoms. The predicted octanol–water partition coefficient (Wildman–Crippen LogP) is -1.35. The van der Waals surface area contributed by atoms with Gasteiger partial charge < -0.3 is 15.2 Å². The van der Waals surface area contributed by atoms with Gasteiger partial charge >= 0.3 is 29.6 Å². The zero-order chi connectivity index (χ0) is 17.1. The summed E-state index contributed by atoms with van der Waals surface area (Å²) in [6.45, 7) is 0. The molecule has 0 aromatic heterocycles. The fourth-order valence-electron chi connectivity index (χ4n) is 2.27. The van der Waals surface area contributed by atoms with Crippen LogP contribution in [0.25, 0.3) is 0 Å². The number of aliphatic carboxylic acids is 1. The summed E-state index contributed by atoms with van der Waals surface area (Å²) in [6, 6.07) is 8.20. The van der Waals surface area contributed by atoms with E-state index in [0.29, 0.717) is 11.7 Å². The molecule has 0 saturated heterocycles. The number of carbonyl (C=O) groups is 2. The summed E-state index contributed by atoms with van der Waals surface area (Å²) in [4.78, 5) is 23.1. The number of hydrogen-bond donors (Lipinski definition) is 3. The Balaban J connectivity index is 0.00000529. The average Bonchev–Trinajstić information content (AvgIpc) is 2.52. The minimum absolute atomic E-state index is 0. The Labute approximate surface area is 177 Å². The summed E-state index contributed by atoms with van der Waals surface area (Å²) in [5, 5.41) is 14.0. The maximum atomic E-state index is 11.9. The first-order valence-electron chi connectivity index (χ1n) is 7.86. The molecule has 0 aliphatic heterocycles. The Morgan fingerprint density at radius 2 is 1.79 bits per heavy atom. The molecule has 0 saturated carbocycles. The first-order valence-corrected chi connectivity index (χ1v) is 9.01. The molecule has 1 amide bonds. The molecule has 24 heavy (non-hydrogen) atoms. The molecule has 0 aliphatic rings. The number of unbranched alkanes of at least 4 members (excludes halogenated alkanes) is 1. The number of benzene rings is 1. The van der Waals surface area contributed by atoms with Gasteiger partial charge in [0.2, 0.25) is 5.91 Å². The first-order chi connectivity index (χ1) is 11.0. The molecule has 1 N–H and O–H groups in total. The molecule has 0 aliphatic carbocycles. The van der Waals surface area contributed by atoms with Gasteiger partial charge in [-0.3, -0.25) is 4.79 Å². The molecule has 0 spiro atoms. The van der Waals surface area contributed by atoms with Gasteiger partial charge in [-0.1, -0.05) is 36.8 Å². The van der Waals surface area contributed by atoms with Crippen LogP contribution in [0.2, 0.25) is 0 Å². The van der Waals surface area contributed by atoms with Crippen LogP contribution in [-0.2, 0) is 16.0 Å². The second kappa shape index (κ2) is 14.1. The first kappa shape index (κ1) is 23.9. The van der Waals surface area contributed by atoms with Gasteiger partial charge in [0.15, 0.2) is 0 Å². The topological polar surface area (TPSA) is 69.2 Å². The summed E-state index contributed by atoms with van der Waals surface area (Å²) >= 11 is 8.60. The average molecular weight is 378 g/mol. The Morgan fingerprint density at radius 3 is 2.38 bits per heavy atom. The second-order valence-electron chi connectivity index (χ2n) is 5.54. The SMILES string of the molecule is O=C(CCCCC(S)CCS)N[C@@H](Cc1ccccc1)C(=O)[O-].[Na+]. The van der Waals surface area contributed by atoms with Crippen LogP contribution in [0.1, 0.15) is 37.7 Å². The van der Waals surface area contributed by atoms with Gasteiger partial charge in [0.25, 0.3) is 0 Å². The van der Waals surface area contributed by atoms with Crippen molar-refractivity contribution in [2.24, 2.45) is 0 Å². The molecule has 0 radical (unpaired) electrons. The molecular weight excluding hydrogens is 353 g/mol. The van der Waals surface area contributed by atoms with Crippen molar-refractivity contribution in [1.29, 1.82) is 0 Å². The van der Waals surface area contributed by atoms with Crippen LogP contribution in [-0.4, -0.2) is 28.9 Å². The van der Waals surface area contributed by atoms with Crippen molar-refractivity contribution in [2.75, 3.05) is 5.75 Å². The summed E-state index contributed by atoms with van der Waals surface area (Å²) in [7, 11) is 0. The van der Waals surface area contributed by atoms with Crippen LogP contribution >= 0.6 is 25.3 Å². The monoisotopic (exact) mass is 377 g/mol. The van der Waals surface area contributed by atoms with E-state index in [1.54, 1.807) is 0 Å². The number of rotatable bonds is 11. The summed E-state index contributed by atoms with van der Waals surface area (Å²) < 4.78 is 0. The smallest absolute Gasteiger partial charge is 0.548 e. The maximum absolute atomic E-state index is 11.9. The third-order valence-electron chi connectivity index (χ3n) is 3.56. The normalized spacial score (nSPS) is 12.8. The van der Waals surface area contributed by atoms with E-state index in [4.69, 9.17) is 0 Å². The largest absolute Gasteiger partial charge is 1.00 e. The summed E-state index contributed by atoms with van der Waals surface area (Å²) in [5.74, 6) is -0.701. The zero-order valence-corrected chi connectivity index (χ0v) is 17.9. The van der Waals surface area contributed by atoms with Gasteiger partial charge in [-0.25, -0.2) is 0 Å². The number of carboxylic acid groups (broad SMARTS) is 1. The molecule has 1 aromatic carbocycles. The number of thiol groups is 2. The predicted molar refractivity (Wildman–Crippen MR) is 96.8 cm³/mol. The Hall–Kier alpha value is -0.140. The van der Waals surface area contributed by atoms with Gasteiger partial charge in [0, 0.05) is 11.7 Å². The molecule has 1 aromatic rings. The third kappa shape index (κ3) is 10.7. The second-order valence-corrected chi connectivity index (χ2v) is 6.72. The van der Waals surface area contributed by atoms with Gasteiger partial charge in [-0.2, -0.15) is 25.3 Å². The van der Waals surface area contributed by atoms with Crippen molar-refractivity contribution < 1.29 is 44.3 Å². The van der Waals surface area contributed by atoms with Crippen LogP contribution in [0.3, 0.4) is 0 Å². The van der Waals surface area contributed by atoms with Gasteiger partial charge in [-0.15, -0.1) is 0 Å². The number of nitrogens with one attached hydrogen (secondary N) is 1. The van der Waals surface area contributed by atoms with E-state index in [9.17, 15) is 14.7 Å².